The van der Waals surface area contributed by atoms with E-state index < -0.39 is 0 Å². The maximum absolute atomic E-state index is 11.9. The Morgan fingerprint density at radius 2 is 2.17 bits per heavy atom. The van der Waals surface area contributed by atoms with Crippen molar-refractivity contribution >= 4 is 5.91 Å². The number of nitrogens with zero attached hydrogens (tertiary/aromatic N) is 4. The van der Waals surface area contributed by atoms with E-state index in [0.717, 1.165) is 11.3 Å². The Balaban J connectivity index is 2.11. The predicted octanol–water partition coefficient (Wildman–Crippen LogP) is 1.01. The van der Waals surface area contributed by atoms with E-state index in [9.17, 15) is 4.79 Å². The average molecular weight is 245 g/mol. The molecule has 0 saturated carbocycles. The molecule has 0 aromatic carbocycles. The van der Waals surface area contributed by atoms with Crippen LogP contribution in [0.15, 0.2) is 24.8 Å². The molecular formula is C12H15N5O. The van der Waals surface area contributed by atoms with Crippen molar-refractivity contribution < 1.29 is 4.79 Å². The molecule has 0 fully saturated rings. The first kappa shape index (κ1) is 12.2. The summed E-state index contributed by atoms with van der Waals surface area (Å²) in [5, 5.41) is 7.03. The second-order valence-corrected chi connectivity index (χ2v) is 4.09. The van der Waals surface area contributed by atoms with Gasteiger partial charge in [0.25, 0.3) is 5.91 Å². The van der Waals surface area contributed by atoms with Gasteiger partial charge < -0.3 is 5.32 Å². The van der Waals surface area contributed by atoms with Gasteiger partial charge in [-0.25, -0.2) is 4.98 Å². The summed E-state index contributed by atoms with van der Waals surface area (Å²) in [7, 11) is 1.87. The van der Waals surface area contributed by atoms with E-state index in [1.807, 2.05) is 20.9 Å². The Hall–Kier alpha value is -2.24. The number of aryl methyl sites for hydroxylation is 1. The van der Waals surface area contributed by atoms with E-state index in [-0.39, 0.29) is 11.9 Å². The number of hydrogen-bond donors (Lipinski definition) is 1. The van der Waals surface area contributed by atoms with Gasteiger partial charge in [-0.15, -0.1) is 0 Å². The number of carbonyl (C=O) groups excluding carboxylic acids is 1. The van der Waals surface area contributed by atoms with Gasteiger partial charge in [-0.2, -0.15) is 5.10 Å². The maximum Gasteiger partial charge on any atom is 0.271 e. The van der Waals surface area contributed by atoms with Gasteiger partial charge in [0.1, 0.15) is 5.69 Å². The van der Waals surface area contributed by atoms with Gasteiger partial charge in [0.15, 0.2) is 0 Å². The third-order valence-corrected chi connectivity index (χ3v) is 2.88. The first-order valence-electron chi connectivity index (χ1n) is 5.65. The van der Waals surface area contributed by atoms with Gasteiger partial charge in [0, 0.05) is 30.7 Å². The van der Waals surface area contributed by atoms with E-state index in [0.29, 0.717) is 5.69 Å². The van der Waals surface area contributed by atoms with Crippen LogP contribution in [0.5, 0.6) is 0 Å². The second-order valence-electron chi connectivity index (χ2n) is 4.09. The fourth-order valence-corrected chi connectivity index (χ4v) is 1.71. The Bertz CT molecular complexity index is 549. The van der Waals surface area contributed by atoms with Crippen molar-refractivity contribution in [2.75, 3.05) is 0 Å². The lowest BCUT2D eigenvalue weighted by atomic mass is 10.1. The van der Waals surface area contributed by atoms with Crippen molar-refractivity contribution in [2.45, 2.75) is 19.9 Å². The summed E-state index contributed by atoms with van der Waals surface area (Å²) in [5.74, 6) is -0.237. The summed E-state index contributed by atoms with van der Waals surface area (Å²) in [6.07, 6.45) is 6.23. The molecule has 6 nitrogen and oxygen atoms in total. The Morgan fingerprint density at radius 1 is 1.39 bits per heavy atom. The van der Waals surface area contributed by atoms with Crippen molar-refractivity contribution in [3.63, 3.8) is 0 Å². The highest BCUT2D eigenvalue weighted by Gasteiger charge is 2.16. The van der Waals surface area contributed by atoms with Crippen molar-refractivity contribution in [3.8, 4) is 0 Å². The molecule has 94 valence electrons. The number of nitrogens with one attached hydrogen (secondary N) is 1. The third-order valence-electron chi connectivity index (χ3n) is 2.88. The van der Waals surface area contributed by atoms with Crippen LogP contribution in [0.1, 0.15) is 34.7 Å². The number of hydrogen-bond acceptors (Lipinski definition) is 4. The Morgan fingerprint density at radius 3 is 2.72 bits per heavy atom. The summed E-state index contributed by atoms with van der Waals surface area (Å²) in [6.45, 7) is 3.88. The van der Waals surface area contributed by atoms with Crippen LogP contribution in [0.3, 0.4) is 0 Å². The van der Waals surface area contributed by atoms with Gasteiger partial charge >= 0.3 is 0 Å². The maximum atomic E-state index is 11.9. The number of rotatable bonds is 3. The molecule has 2 rings (SSSR count). The molecule has 0 radical (unpaired) electrons. The number of carbonyl (C=O) groups is 1. The Kier molecular flexibility index (Phi) is 3.36. The fourth-order valence-electron chi connectivity index (χ4n) is 1.71. The highest BCUT2D eigenvalue weighted by molar-refractivity contribution is 5.92. The molecule has 1 atom stereocenters. The van der Waals surface area contributed by atoms with Gasteiger partial charge in [-0.05, 0) is 13.8 Å². The molecule has 1 unspecified atom stereocenters. The lowest BCUT2D eigenvalue weighted by Gasteiger charge is -2.13. The molecule has 2 aromatic heterocycles. The van der Waals surface area contributed by atoms with Crippen LogP contribution in [-0.2, 0) is 7.05 Å². The first-order valence-corrected chi connectivity index (χ1v) is 5.65. The molecule has 0 aliphatic heterocycles. The SMILES string of the molecule is Cc1c(C(C)NC(=O)c2cnccn2)cnn1C. The van der Waals surface area contributed by atoms with Gasteiger partial charge in [-0.1, -0.05) is 0 Å². The molecule has 0 aliphatic carbocycles. The lowest BCUT2D eigenvalue weighted by molar-refractivity contribution is 0.0934. The van der Waals surface area contributed by atoms with Crippen LogP contribution in [0, 0.1) is 6.92 Å². The van der Waals surface area contributed by atoms with E-state index in [4.69, 9.17) is 0 Å². The molecule has 1 amide bonds. The van der Waals surface area contributed by atoms with Crippen LogP contribution in [0.4, 0.5) is 0 Å². The van der Waals surface area contributed by atoms with E-state index in [1.54, 1.807) is 10.9 Å². The smallest absolute Gasteiger partial charge is 0.271 e. The molecule has 1 N–H and O–H groups in total. The third kappa shape index (κ3) is 2.37. The monoisotopic (exact) mass is 245 g/mol. The van der Waals surface area contributed by atoms with Crippen LogP contribution < -0.4 is 5.32 Å². The topological polar surface area (TPSA) is 72.7 Å². The molecule has 2 aromatic rings. The largest absolute Gasteiger partial charge is 0.344 e. The van der Waals surface area contributed by atoms with Crippen molar-refractivity contribution in [2.24, 2.45) is 7.05 Å². The predicted molar refractivity (Wildman–Crippen MR) is 65.9 cm³/mol. The summed E-state index contributed by atoms with van der Waals surface area (Å²) in [4.78, 5) is 19.7. The molecule has 6 heteroatoms. The summed E-state index contributed by atoms with van der Waals surface area (Å²) in [5.41, 5.74) is 2.34. The first-order chi connectivity index (χ1) is 8.59. The molecule has 0 bridgehead atoms. The van der Waals surface area contributed by atoms with E-state index >= 15 is 0 Å². The highest BCUT2D eigenvalue weighted by Crippen LogP contribution is 2.16. The van der Waals surface area contributed by atoms with Crippen LogP contribution in [-0.4, -0.2) is 25.7 Å². The van der Waals surface area contributed by atoms with Gasteiger partial charge in [-0.3, -0.25) is 14.5 Å². The van der Waals surface area contributed by atoms with Crippen molar-refractivity contribution in [3.05, 3.63) is 41.7 Å². The minimum absolute atomic E-state index is 0.117. The van der Waals surface area contributed by atoms with E-state index in [2.05, 4.69) is 20.4 Å². The van der Waals surface area contributed by atoms with Crippen LogP contribution in [0.25, 0.3) is 0 Å². The van der Waals surface area contributed by atoms with Gasteiger partial charge in [0.2, 0.25) is 0 Å². The van der Waals surface area contributed by atoms with Crippen molar-refractivity contribution in [1.82, 2.24) is 25.1 Å². The lowest BCUT2D eigenvalue weighted by Crippen LogP contribution is -2.27. The zero-order valence-corrected chi connectivity index (χ0v) is 10.6. The minimum atomic E-state index is -0.237. The number of amides is 1. The minimum Gasteiger partial charge on any atom is -0.344 e. The van der Waals surface area contributed by atoms with E-state index in [1.165, 1.54) is 18.6 Å². The Labute approximate surface area is 105 Å². The molecule has 18 heavy (non-hydrogen) atoms. The number of aromatic nitrogens is 4. The molecule has 0 saturated heterocycles. The summed E-state index contributed by atoms with van der Waals surface area (Å²) < 4.78 is 1.78. The molecule has 2 heterocycles. The average Bonchev–Trinajstić information content (AvgIpc) is 2.71. The molecule has 0 aliphatic rings. The zero-order valence-electron chi connectivity index (χ0n) is 10.6. The normalized spacial score (nSPS) is 12.2. The summed E-state index contributed by atoms with van der Waals surface area (Å²) >= 11 is 0. The zero-order chi connectivity index (χ0) is 13.1. The van der Waals surface area contributed by atoms with Crippen LogP contribution >= 0.6 is 0 Å². The molecular weight excluding hydrogens is 230 g/mol. The van der Waals surface area contributed by atoms with Crippen molar-refractivity contribution in [1.29, 1.82) is 0 Å². The standard InChI is InChI=1S/C12H15N5O/c1-8(10-6-15-17(3)9(10)2)16-12(18)11-7-13-4-5-14-11/h4-8H,1-3H3,(H,16,18). The summed E-state index contributed by atoms with van der Waals surface area (Å²) in [6, 6.07) is -0.117. The fraction of sp³-hybridized carbons (Fsp3) is 0.333. The quantitative estimate of drug-likeness (QED) is 0.875. The molecule has 0 spiro atoms. The highest BCUT2D eigenvalue weighted by atomic mass is 16.1. The second kappa shape index (κ2) is 4.95. The van der Waals surface area contributed by atoms with Gasteiger partial charge in [0.05, 0.1) is 18.4 Å². The van der Waals surface area contributed by atoms with Crippen LogP contribution in [0.2, 0.25) is 0 Å².